The maximum Gasteiger partial charge on any atom is 0.247 e. The number of carbonyl (C=O) groups is 1. The number of carbonyl (C=O) groups excluding carboxylic acids is 1. The average molecular weight is 531 g/mol. The highest BCUT2D eigenvalue weighted by Gasteiger charge is 2.30. The lowest BCUT2D eigenvalue weighted by atomic mass is 10.1. The molecular formula is C25H27BrN2O4S. The Morgan fingerprint density at radius 2 is 1.73 bits per heavy atom. The van der Waals surface area contributed by atoms with Crippen LogP contribution in [0.4, 0.5) is 0 Å². The summed E-state index contributed by atoms with van der Waals surface area (Å²) in [7, 11) is -2.60. The molecule has 0 spiro atoms. The number of sulfonamides is 1. The first-order chi connectivity index (χ1) is 15.7. The van der Waals surface area contributed by atoms with Crippen LogP contribution in [0.1, 0.15) is 29.7 Å². The molecule has 0 saturated carbocycles. The first-order valence-electron chi connectivity index (χ1n) is 10.4. The van der Waals surface area contributed by atoms with Gasteiger partial charge in [0.05, 0.1) is 19.7 Å². The van der Waals surface area contributed by atoms with E-state index in [1.165, 1.54) is 11.4 Å². The number of rotatable bonds is 9. The van der Waals surface area contributed by atoms with E-state index in [2.05, 4.69) is 21.2 Å². The van der Waals surface area contributed by atoms with Crippen LogP contribution in [0, 0.1) is 6.92 Å². The van der Waals surface area contributed by atoms with Gasteiger partial charge in [-0.05, 0) is 54.8 Å². The summed E-state index contributed by atoms with van der Waals surface area (Å²) in [6, 6.07) is 21.5. The summed E-state index contributed by atoms with van der Waals surface area (Å²) in [5.41, 5.74) is 2.48. The largest absolute Gasteiger partial charge is 0.495 e. The predicted molar refractivity (Wildman–Crippen MR) is 132 cm³/mol. The van der Waals surface area contributed by atoms with Crippen molar-refractivity contribution in [2.45, 2.75) is 31.3 Å². The number of nitrogens with zero attached hydrogens (tertiary/aromatic N) is 1. The Hall–Kier alpha value is -2.68. The van der Waals surface area contributed by atoms with E-state index in [4.69, 9.17) is 4.74 Å². The zero-order valence-corrected chi connectivity index (χ0v) is 21.2. The monoisotopic (exact) mass is 530 g/mol. The van der Waals surface area contributed by atoms with Crippen molar-refractivity contribution in [3.8, 4) is 5.75 Å². The third kappa shape index (κ3) is 6.43. The molecule has 0 radical (unpaired) electrons. The van der Waals surface area contributed by atoms with Gasteiger partial charge in [-0.25, -0.2) is 8.42 Å². The number of nitrogens with one attached hydrogen (secondary N) is 1. The molecule has 33 heavy (non-hydrogen) atoms. The topological polar surface area (TPSA) is 75.7 Å². The maximum atomic E-state index is 13.7. The van der Waals surface area contributed by atoms with E-state index in [0.717, 1.165) is 21.2 Å². The van der Waals surface area contributed by atoms with Crippen LogP contribution >= 0.6 is 15.9 Å². The summed E-state index contributed by atoms with van der Waals surface area (Å²) in [6.45, 7) is 3.41. The molecule has 8 heteroatoms. The smallest absolute Gasteiger partial charge is 0.247 e. The van der Waals surface area contributed by atoms with Gasteiger partial charge in [0.2, 0.25) is 15.9 Å². The number of hydrogen-bond acceptors (Lipinski definition) is 4. The second kappa shape index (κ2) is 11.0. The zero-order valence-electron chi connectivity index (χ0n) is 18.8. The second-order valence-corrected chi connectivity index (χ2v) is 10.6. The molecule has 1 atom stereocenters. The first-order valence-corrected chi connectivity index (χ1v) is 12.7. The fourth-order valence-corrected chi connectivity index (χ4v) is 5.31. The highest BCUT2D eigenvalue weighted by Crippen LogP contribution is 2.29. The van der Waals surface area contributed by atoms with Gasteiger partial charge in [-0.2, -0.15) is 4.31 Å². The lowest BCUT2D eigenvalue weighted by molar-refractivity contribution is -0.122. The van der Waals surface area contributed by atoms with Crippen molar-refractivity contribution in [1.29, 1.82) is 0 Å². The predicted octanol–water partition coefficient (Wildman–Crippen LogP) is 4.83. The number of amides is 1. The number of methoxy groups -OCH3 is 1. The number of ether oxygens (including phenoxy) is 1. The molecule has 0 fully saturated rings. The van der Waals surface area contributed by atoms with E-state index in [0.29, 0.717) is 0 Å². The number of halogens is 1. The highest BCUT2D eigenvalue weighted by atomic mass is 79.9. The van der Waals surface area contributed by atoms with Crippen molar-refractivity contribution in [3.63, 3.8) is 0 Å². The molecule has 0 aliphatic carbocycles. The summed E-state index contributed by atoms with van der Waals surface area (Å²) in [5, 5.41) is 2.90. The van der Waals surface area contributed by atoms with Crippen LogP contribution < -0.4 is 10.1 Å². The Kier molecular flexibility index (Phi) is 8.29. The van der Waals surface area contributed by atoms with Crippen LogP contribution in [-0.2, 0) is 21.4 Å². The van der Waals surface area contributed by atoms with Crippen molar-refractivity contribution >= 4 is 31.9 Å². The Labute approximate surface area is 203 Å². The summed E-state index contributed by atoms with van der Waals surface area (Å²) in [4.78, 5) is 13.0. The van der Waals surface area contributed by atoms with E-state index in [9.17, 15) is 13.2 Å². The van der Waals surface area contributed by atoms with Crippen LogP contribution in [0.2, 0.25) is 0 Å². The first kappa shape index (κ1) is 25.0. The van der Waals surface area contributed by atoms with Gasteiger partial charge in [-0.3, -0.25) is 4.79 Å². The molecule has 0 aromatic heterocycles. The SMILES string of the molecule is COc1ccc(C)cc1S(=O)(=O)N(CC(=O)NC(C)c1ccc(Br)cc1)Cc1ccccc1. The molecule has 1 unspecified atom stereocenters. The fourth-order valence-electron chi connectivity index (χ4n) is 3.42. The molecule has 3 aromatic carbocycles. The number of hydrogen-bond donors (Lipinski definition) is 1. The Balaban J connectivity index is 1.89. The molecule has 3 rings (SSSR count). The maximum absolute atomic E-state index is 13.7. The minimum Gasteiger partial charge on any atom is -0.495 e. The average Bonchev–Trinajstić information content (AvgIpc) is 2.79. The quantitative estimate of drug-likeness (QED) is 0.429. The fraction of sp³-hybridized carbons (Fsp3) is 0.240. The normalized spacial score (nSPS) is 12.4. The molecule has 3 aromatic rings. The van der Waals surface area contributed by atoms with Gasteiger partial charge in [-0.1, -0.05) is 64.5 Å². The third-order valence-electron chi connectivity index (χ3n) is 5.21. The van der Waals surface area contributed by atoms with Crippen molar-refractivity contribution in [3.05, 3.63) is 94.0 Å². The standard InChI is InChI=1S/C25H27BrN2O4S/c1-18-9-14-23(32-3)24(15-18)33(30,31)28(16-20-7-5-4-6-8-20)17-25(29)27-19(2)21-10-12-22(26)13-11-21/h4-15,19H,16-17H2,1-3H3,(H,27,29). The Morgan fingerprint density at radius 3 is 2.36 bits per heavy atom. The third-order valence-corrected chi connectivity index (χ3v) is 7.55. The van der Waals surface area contributed by atoms with Crippen LogP contribution in [0.25, 0.3) is 0 Å². The summed E-state index contributed by atoms with van der Waals surface area (Å²) < 4.78 is 34.8. The molecule has 6 nitrogen and oxygen atoms in total. The van der Waals surface area contributed by atoms with Gasteiger partial charge in [0.1, 0.15) is 10.6 Å². The number of aryl methyl sites for hydroxylation is 1. The van der Waals surface area contributed by atoms with Crippen LogP contribution in [-0.4, -0.2) is 32.3 Å². The second-order valence-electron chi connectivity index (χ2n) is 7.75. The molecule has 0 saturated heterocycles. The zero-order chi connectivity index (χ0) is 24.0. The summed E-state index contributed by atoms with van der Waals surface area (Å²) >= 11 is 3.40. The van der Waals surface area contributed by atoms with Gasteiger partial charge in [0.15, 0.2) is 0 Å². The van der Waals surface area contributed by atoms with Gasteiger partial charge in [0, 0.05) is 11.0 Å². The lowest BCUT2D eigenvalue weighted by Gasteiger charge is -2.24. The van der Waals surface area contributed by atoms with Crippen molar-refractivity contribution in [2.24, 2.45) is 0 Å². The van der Waals surface area contributed by atoms with Crippen molar-refractivity contribution in [1.82, 2.24) is 9.62 Å². The highest BCUT2D eigenvalue weighted by molar-refractivity contribution is 9.10. The van der Waals surface area contributed by atoms with Crippen LogP contribution in [0.3, 0.4) is 0 Å². The van der Waals surface area contributed by atoms with E-state index in [-0.39, 0.29) is 29.8 Å². The summed E-state index contributed by atoms with van der Waals surface area (Å²) in [5.74, 6) is -0.154. The summed E-state index contributed by atoms with van der Waals surface area (Å²) in [6.07, 6.45) is 0. The van der Waals surface area contributed by atoms with Gasteiger partial charge in [-0.15, -0.1) is 0 Å². The van der Waals surface area contributed by atoms with Crippen molar-refractivity contribution < 1.29 is 17.9 Å². The van der Waals surface area contributed by atoms with Gasteiger partial charge in [0.25, 0.3) is 0 Å². The molecule has 0 aliphatic heterocycles. The van der Waals surface area contributed by atoms with E-state index in [1.807, 2.05) is 68.4 Å². The Morgan fingerprint density at radius 1 is 1.06 bits per heavy atom. The van der Waals surface area contributed by atoms with Gasteiger partial charge < -0.3 is 10.1 Å². The molecule has 1 amide bonds. The molecule has 0 bridgehead atoms. The molecule has 0 aliphatic rings. The minimum absolute atomic E-state index is 0.0367. The minimum atomic E-state index is -4.02. The van der Waals surface area contributed by atoms with Crippen LogP contribution in [0.15, 0.2) is 82.2 Å². The van der Waals surface area contributed by atoms with Crippen molar-refractivity contribution in [2.75, 3.05) is 13.7 Å². The molecular weight excluding hydrogens is 504 g/mol. The van der Waals surface area contributed by atoms with E-state index in [1.54, 1.807) is 18.2 Å². The van der Waals surface area contributed by atoms with E-state index < -0.39 is 15.9 Å². The molecule has 1 N–H and O–H groups in total. The molecule has 174 valence electrons. The number of benzene rings is 3. The van der Waals surface area contributed by atoms with Crippen LogP contribution in [0.5, 0.6) is 5.75 Å². The lowest BCUT2D eigenvalue weighted by Crippen LogP contribution is -2.41. The Bertz CT molecular complexity index is 1200. The molecule has 0 heterocycles. The van der Waals surface area contributed by atoms with Gasteiger partial charge >= 0.3 is 0 Å². The van der Waals surface area contributed by atoms with E-state index >= 15 is 0 Å².